The van der Waals surface area contributed by atoms with Crippen LogP contribution in [0.25, 0.3) is 16.7 Å². The maximum atomic E-state index is 2.60. The molecule has 5 aromatic rings. The number of hydrogen-bond acceptors (Lipinski definition) is 1. The minimum atomic E-state index is -2.96. The summed E-state index contributed by atoms with van der Waals surface area (Å²) in [6.07, 6.45) is 4.93. The molecule has 0 radical (unpaired) electrons. The molecule has 0 N–H and O–H groups in total. The van der Waals surface area contributed by atoms with E-state index < -0.39 is 21.3 Å². The molecule has 1 heterocycles. The second kappa shape index (κ2) is 14.3. The molecule has 0 bridgehead atoms. The molecule has 7 rings (SSSR count). The van der Waals surface area contributed by atoms with Crippen LogP contribution < -0.4 is 24.8 Å². The van der Waals surface area contributed by atoms with Crippen LogP contribution in [0.15, 0.2) is 129 Å². The van der Waals surface area contributed by atoms with Crippen LogP contribution in [0.3, 0.4) is 0 Å². The Morgan fingerprint density at radius 3 is 1.58 bits per heavy atom. The molecule has 2 aliphatic carbocycles. The maximum absolute atomic E-state index is 2.96. The first kappa shape index (κ1) is 36.7. The fourth-order valence-corrected chi connectivity index (χ4v) is 17.9. The summed E-state index contributed by atoms with van der Waals surface area (Å²) < 4.78 is 3.68. The van der Waals surface area contributed by atoms with E-state index in [1.807, 2.05) is 11.3 Å². The van der Waals surface area contributed by atoms with Crippen LogP contribution in [-0.2, 0) is 32.1 Å². The molecular weight excluding hydrogens is 723 g/mol. The van der Waals surface area contributed by atoms with E-state index in [0.29, 0.717) is 9.54 Å². The summed E-state index contributed by atoms with van der Waals surface area (Å²) in [5, 5.41) is 4.60. The Morgan fingerprint density at radius 1 is 0.646 bits per heavy atom. The van der Waals surface area contributed by atoms with Gasteiger partial charge in [0.15, 0.2) is 0 Å². The molecule has 0 spiro atoms. The smallest absolute Gasteiger partial charge is 1.00 e. The third-order valence-electron chi connectivity index (χ3n) is 9.85. The maximum Gasteiger partial charge on any atom is -1.00 e. The van der Waals surface area contributed by atoms with Crippen LogP contribution in [-0.4, -0.2) is 3.21 Å². The zero-order valence-corrected chi connectivity index (χ0v) is 33.7. The summed E-state index contributed by atoms with van der Waals surface area (Å²) in [5.74, 6) is 0.399. The molecule has 1 atom stereocenters. The van der Waals surface area contributed by atoms with Crippen molar-refractivity contribution >= 4 is 20.1 Å². The van der Waals surface area contributed by atoms with E-state index in [2.05, 4.69) is 175 Å². The van der Waals surface area contributed by atoms with E-state index in [1.54, 1.807) is 17.6 Å². The van der Waals surface area contributed by atoms with Crippen molar-refractivity contribution in [3.8, 4) is 11.1 Å². The summed E-state index contributed by atoms with van der Waals surface area (Å²) in [7, 11) is 0. The normalized spacial score (nSPS) is 15.2. The van der Waals surface area contributed by atoms with Crippen molar-refractivity contribution in [2.45, 2.75) is 62.9 Å². The third kappa shape index (κ3) is 6.76. The Hall–Kier alpha value is -2.61. The fourth-order valence-electron chi connectivity index (χ4n) is 7.36. The summed E-state index contributed by atoms with van der Waals surface area (Å²) in [5.41, 5.74) is 14.6. The van der Waals surface area contributed by atoms with Crippen LogP contribution in [0, 0.1) is 5.92 Å². The van der Waals surface area contributed by atoms with E-state index in [-0.39, 0.29) is 35.6 Å². The molecule has 1 unspecified atom stereocenters. The molecule has 48 heavy (non-hydrogen) atoms. The molecular formula is C44H44Cl2SZr. The second-order valence-electron chi connectivity index (χ2n) is 15.0. The average Bonchev–Trinajstić information content (AvgIpc) is 3.77. The molecule has 1 aromatic heterocycles. The standard InChI is InChI=1S/C21H25.C13H10.C10H9S.2ClH.Zr/c1-20(2,3)16-7-9-18-14(12-16)11-15-13-17(21(4,5)6)8-10-19(15)18;1-3-7-12(8-4-1)11-13-9-5-2-6-10-13;1-8-2-3-9(6-8)10-4-5-11-7-10;;;/h7-13H,1-6H3;1-10H;2-5,7-8H,1H3;2*1H;/q;;;;;+2/p-2. The number of fused-ring (bicyclic) bond motifs is 3. The van der Waals surface area contributed by atoms with Gasteiger partial charge in [0.05, 0.1) is 0 Å². The van der Waals surface area contributed by atoms with Crippen molar-refractivity contribution in [1.29, 1.82) is 0 Å². The molecule has 0 saturated heterocycles. The van der Waals surface area contributed by atoms with Crippen molar-refractivity contribution in [2.75, 3.05) is 0 Å². The Bertz CT molecular complexity index is 1900. The summed E-state index contributed by atoms with van der Waals surface area (Å²) in [6, 6.07) is 39.9. The summed E-state index contributed by atoms with van der Waals surface area (Å²) in [4.78, 5) is 0. The molecule has 4 aromatic carbocycles. The topological polar surface area (TPSA) is 0 Å². The minimum Gasteiger partial charge on any atom is -1.00 e. The molecule has 0 fully saturated rings. The summed E-state index contributed by atoms with van der Waals surface area (Å²) in [6.45, 7) is 16.6. The van der Waals surface area contributed by atoms with Gasteiger partial charge >= 0.3 is 290 Å². The quantitative estimate of drug-likeness (QED) is 0.209. The van der Waals surface area contributed by atoms with Gasteiger partial charge in [0, 0.05) is 0 Å². The number of halogens is 2. The van der Waals surface area contributed by atoms with Gasteiger partial charge in [-0.1, -0.05) is 0 Å². The van der Waals surface area contributed by atoms with Gasteiger partial charge in [-0.15, -0.1) is 0 Å². The minimum absolute atomic E-state index is 0. The molecule has 0 nitrogen and oxygen atoms in total. The second-order valence-corrected chi connectivity index (χ2v) is 21.8. The zero-order chi connectivity index (χ0) is 32.2. The number of hydrogen-bond donors (Lipinski definition) is 0. The van der Waals surface area contributed by atoms with E-state index in [1.165, 1.54) is 44.5 Å². The molecule has 244 valence electrons. The first-order valence-corrected chi connectivity index (χ1v) is 21.4. The van der Waals surface area contributed by atoms with Crippen molar-refractivity contribution in [3.63, 3.8) is 0 Å². The van der Waals surface area contributed by atoms with Crippen molar-refractivity contribution in [2.24, 2.45) is 5.92 Å². The van der Waals surface area contributed by atoms with E-state index in [9.17, 15) is 0 Å². The number of benzene rings is 4. The van der Waals surface area contributed by atoms with E-state index in [4.69, 9.17) is 0 Å². The van der Waals surface area contributed by atoms with Crippen molar-refractivity contribution in [1.82, 2.24) is 0 Å². The van der Waals surface area contributed by atoms with Gasteiger partial charge in [0.2, 0.25) is 0 Å². The van der Waals surface area contributed by atoms with Crippen LogP contribution in [0.4, 0.5) is 0 Å². The summed E-state index contributed by atoms with van der Waals surface area (Å²) >= 11 is -1.15. The molecule has 0 amide bonds. The Kier molecular flexibility index (Phi) is 10.9. The van der Waals surface area contributed by atoms with Gasteiger partial charge in [-0.05, 0) is 0 Å². The van der Waals surface area contributed by atoms with Crippen molar-refractivity contribution in [3.05, 3.63) is 168 Å². The fraction of sp³-hybridized carbons (Fsp3) is 0.250. The Balaban J connectivity index is 0.00000225. The molecule has 0 saturated carbocycles. The Labute approximate surface area is 312 Å². The largest absolute Gasteiger partial charge is 1.00 e. The van der Waals surface area contributed by atoms with Crippen molar-refractivity contribution < 1.29 is 46.1 Å². The number of rotatable bonds is 5. The van der Waals surface area contributed by atoms with E-state index >= 15 is 0 Å². The average molecular weight is 767 g/mol. The third-order valence-corrected chi connectivity index (χ3v) is 19.4. The first-order valence-electron chi connectivity index (χ1n) is 16.6. The number of thiophene rings is 1. The Morgan fingerprint density at radius 2 is 1.15 bits per heavy atom. The van der Waals surface area contributed by atoms with E-state index in [0.717, 1.165) is 0 Å². The molecule has 2 aliphatic rings. The molecule has 0 aliphatic heterocycles. The van der Waals surface area contributed by atoms with Crippen LogP contribution in [0.5, 0.6) is 0 Å². The van der Waals surface area contributed by atoms with Gasteiger partial charge in [-0.25, -0.2) is 0 Å². The van der Waals surface area contributed by atoms with Gasteiger partial charge in [0.1, 0.15) is 0 Å². The molecule has 4 heteroatoms. The first-order chi connectivity index (χ1) is 22.0. The SMILES string of the molecule is CC1C=CC(c2ccsc2)=[C]1[Zr+2](=[C](c1ccccc1)c1ccccc1)[CH]1c2cc(C(C)(C)C)ccc2-c2ccc(C(C)(C)C)cc21.[Cl-].[Cl-]. The predicted octanol–water partition coefficient (Wildman–Crippen LogP) is 5.93. The van der Waals surface area contributed by atoms with Gasteiger partial charge in [-0.3, -0.25) is 0 Å². The van der Waals surface area contributed by atoms with Gasteiger partial charge in [0.25, 0.3) is 0 Å². The van der Waals surface area contributed by atoms with Crippen LogP contribution in [0.2, 0.25) is 0 Å². The predicted molar refractivity (Wildman–Crippen MR) is 197 cm³/mol. The van der Waals surface area contributed by atoms with Gasteiger partial charge < -0.3 is 24.8 Å². The van der Waals surface area contributed by atoms with Crippen LogP contribution >= 0.6 is 11.3 Å². The zero-order valence-electron chi connectivity index (χ0n) is 28.9. The monoisotopic (exact) mass is 764 g/mol. The van der Waals surface area contributed by atoms with Crippen LogP contribution in [0.1, 0.15) is 91.0 Å². The number of allylic oxidation sites excluding steroid dienone is 4. The van der Waals surface area contributed by atoms with Gasteiger partial charge in [-0.2, -0.15) is 0 Å².